The number of carboxylic acid groups (broad SMARTS) is 1. The summed E-state index contributed by atoms with van der Waals surface area (Å²) in [6.07, 6.45) is -3.38. The van der Waals surface area contributed by atoms with Crippen LogP contribution in [0.25, 0.3) is 0 Å². The van der Waals surface area contributed by atoms with Crippen molar-refractivity contribution in [3.8, 4) is 5.75 Å². The molecule has 0 atom stereocenters. The van der Waals surface area contributed by atoms with E-state index in [-0.39, 0.29) is 12.1 Å². The van der Waals surface area contributed by atoms with Crippen LogP contribution >= 0.6 is 0 Å². The number of alkyl halides is 3. The molecule has 6 nitrogen and oxygen atoms in total. The average molecular weight is 379 g/mol. The maximum Gasteiger partial charge on any atom is 0.433 e. The van der Waals surface area contributed by atoms with Crippen molar-refractivity contribution in [2.75, 3.05) is 0 Å². The summed E-state index contributed by atoms with van der Waals surface area (Å²) in [5.41, 5.74) is -0.236. The molecule has 1 aromatic carbocycles. The van der Waals surface area contributed by atoms with Gasteiger partial charge in [0.15, 0.2) is 11.6 Å². The van der Waals surface area contributed by atoms with Crippen LogP contribution in [-0.4, -0.2) is 32.4 Å². The van der Waals surface area contributed by atoms with Crippen LogP contribution in [0.1, 0.15) is 41.0 Å². The van der Waals surface area contributed by atoms with E-state index in [2.05, 4.69) is 9.98 Å². The Morgan fingerprint density at radius 3 is 2.63 bits per heavy atom. The van der Waals surface area contributed by atoms with Gasteiger partial charge in [0.05, 0.1) is 17.4 Å². The Bertz CT molecular complexity index is 939. The summed E-state index contributed by atoms with van der Waals surface area (Å²) in [5, 5.41) is 19.1. The van der Waals surface area contributed by atoms with Crippen molar-refractivity contribution < 1.29 is 28.2 Å². The highest BCUT2D eigenvalue weighted by Crippen LogP contribution is 2.40. The van der Waals surface area contributed by atoms with Gasteiger partial charge in [0.25, 0.3) is 0 Å². The molecule has 0 saturated carbocycles. The predicted molar refractivity (Wildman–Crippen MR) is 91.0 cm³/mol. The predicted octanol–water partition coefficient (Wildman–Crippen LogP) is 3.91. The summed E-state index contributed by atoms with van der Waals surface area (Å²) < 4.78 is 38.4. The van der Waals surface area contributed by atoms with Crippen LogP contribution in [0, 0.1) is 0 Å². The highest BCUT2D eigenvalue weighted by Gasteiger charge is 2.38. The van der Waals surface area contributed by atoms with E-state index in [4.69, 9.17) is 0 Å². The van der Waals surface area contributed by atoms with Gasteiger partial charge in [-0.25, -0.2) is 14.8 Å². The number of carboxylic acids is 1. The Morgan fingerprint density at radius 1 is 1.30 bits per heavy atom. The Morgan fingerprint density at radius 2 is 2.00 bits per heavy atom. The molecular formula is C18H16F3N3O3. The Kier molecular flexibility index (Phi) is 4.33. The third kappa shape index (κ3) is 3.32. The van der Waals surface area contributed by atoms with Crippen LogP contribution in [0.4, 0.5) is 19.0 Å². The minimum absolute atomic E-state index is 0.163. The fourth-order valence-corrected chi connectivity index (χ4v) is 3.06. The number of aromatic carboxylic acids is 1. The molecule has 0 fully saturated rings. The molecule has 0 aliphatic carbocycles. The van der Waals surface area contributed by atoms with E-state index in [1.807, 2.05) is 13.8 Å². The van der Waals surface area contributed by atoms with Crippen molar-refractivity contribution in [2.24, 2.45) is 4.99 Å². The zero-order chi connectivity index (χ0) is 20.0. The molecule has 0 saturated heterocycles. The van der Waals surface area contributed by atoms with Gasteiger partial charge in [-0.3, -0.25) is 0 Å². The highest BCUT2D eigenvalue weighted by molar-refractivity contribution is 5.90. The second-order valence-corrected chi connectivity index (χ2v) is 6.61. The minimum atomic E-state index is -4.66. The number of aromatic hydroxyl groups is 1. The van der Waals surface area contributed by atoms with Crippen molar-refractivity contribution >= 4 is 18.1 Å². The third-order valence-electron chi connectivity index (χ3n) is 4.58. The number of hydrogen-bond acceptors (Lipinski definition) is 4. The fraction of sp³-hybridized carbons (Fsp3) is 0.278. The smallest absolute Gasteiger partial charge is 0.433 e. The highest BCUT2D eigenvalue weighted by atomic mass is 19.4. The number of nitrogens with zero attached hydrogens (tertiary/aromatic N) is 3. The van der Waals surface area contributed by atoms with Crippen LogP contribution in [0.15, 0.2) is 35.3 Å². The maximum atomic E-state index is 12.8. The summed E-state index contributed by atoms with van der Waals surface area (Å²) in [5.74, 6) is -2.01. The number of aromatic nitrogens is 1. The van der Waals surface area contributed by atoms with E-state index < -0.39 is 34.9 Å². The summed E-state index contributed by atoms with van der Waals surface area (Å²) in [6.45, 7) is 3.90. The van der Waals surface area contributed by atoms with Gasteiger partial charge in [0.1, 0.15) is 5.69 Å². The van der Waals surface area contributed by atoms with E-state index >= 15 is 0 Å². The number of hydrogen-bond donors (Lipinski definition) is 2. The van der Waals surface area contributed by atoms with E-state index in [1.54, 1.807) is 17.0 Å². The number of carbonyl (C=O) groups is 1. The first-order valence-corrected chi connectivity index (χ1v) is 7.95. The van der Waals surface area contributed by atoms with Gasteiger partial charge in [0.2, 0.25) is 0 Å². The monoisotopic (exact) mass is 379 g/mol. The zero-order valence-electron chi connectivity index (χ0n) is 14.4. The van der Waals surface area contributed by atoms with Gasteiger partial charge in [-0.2, -0.15) is 13.2 Å². The SMILES string of the molecule is CC1(C)c2cccc(C(=O)O)c2CN1C=Nc1nc(C(F)(F)F)ccc1O. The van der Waals surface area contributed by atoms with Gasteiger partial charge >= 0.3 is 12.1 Å². The quantitative estimate of drug-likeness (QED) is 0.624. The molecular weight excluding hydrogens is 363 g/mol. The number of benzene rings is 1. The van der Waals surface area contributed by atoms with E-state index in [1.165, 1.54) is 12.4 Å². The number of fused-ring (bicyclic) bond motifs is 1. The molecule has 2 aromatic rings. The first kappa shape index (κ1) is 18.7. The topological polar surface area (TPSA) is 86.0 Å². The van der Waals surface area contributed by atoms with Gasteiger partial charge in [-0.1, -0.05) is 12.1 Å². The normalized spacial score (nSPS) is 16.0. The van der Waals surface area contributed by atoms with Gasteiger partial charge in [-0.05, 0) is 43.2 Å². The third-order valence-corrected chi connectivity index (χ3v) is 4.58. The number of rotatable bonds is 3. The average Bonchev–Trinajstić information content (AvgIpc) is 2.83. The zero-order valence-corrected chi connectivity index (χ0v) is 14.4. The van der Waals surface area contributed by atoms with Crippen molar-refractivity contribution in [2.45, 2.75) is 32.1 Å². The summed E-state index contributed by atoms with van der Waals surface area (Å²) in [4.78, 5) is 20.4. The molecule has 3 rings (SSSR count). The summed E-state index contributed by atoms with van der Waals surface area (Å²) in [7, 11) is 0. The van der Waals surface area contributed by atoms with E-state index in [0.717, 1.165) is 11.6 Å². The lowest BCUT2D eigenvalue weighted by Crippen LogP contribution is -2.34. The van der Waals surface area contributed by atoms with Crippen molar-refractivity contribution in [3.05, 3.63) is 52.7 Å². The van der Waals surface area contributed by atoms with Gasteiger partial charge in [0, 0.05) is 6.54 Å². The second-order valence-electron chi connectivity index (χ2n) is 6.61. The Balaban J connectivity index is 1.96. The van der Waals surface area contributed by atoms with Crippen LogP contribution < -0.4 is 0 Å². The molecule has 9 heteroatoms. The molecule has 0 bridgehead atoms. The summed E-state index contributed by atoms with van der Waals surface area (Å²) >= 11 is 0. The fourth-order valence-electron chi connectivity index (χ4n) is 3.06. The number of pyridine rings is 1. The van der Waals surface area contributed by atoms with Gasteiger partial charge in [-0.15, -0.1) is 0 Å². The first-order chi connectivity index (χ1) is 12.5. The number of halogens is 3. The molecule has 0 spiro atoms. The second kappa shape index (κ2) is 6.26. The van der Waals surface area contributed by atoms with Crippen molar-refractivity contribution in [3.63, 3.8) is 0 Å². The molecule has 1 aliphatic heterocycles. The molecule has 2 N–H and O–H groups in total. The maximum absolute atomic E-state index is 12.8. The minimum Gasteiger partial charge on any atom is -0.504 e. The molecule has 0 radical (unpaired) electrons. The summed E-state index contributed by atoms with van der Waals surface area (Å²) in [6, 6.07) is 6.50. The molecule has 0 amide bonds. The largest absolute Gasteiger partial charge is 0.504 e. The van der Waals surface area contributed by atoms with Gasteiger partial charge < -0.3 is 15.1 Å². The molecule has 1 aliphatic rings. The van der Waals surface area contributed by atoms with Crippen molar-refractivity contribution in [1.82, 2.24) is 9.88 Å². The molecule has 0 unspecified atom stereocenters. The standard InChI is InChI=1S/C18H16F3N3O3/c1-17(2)12-5-3-4-10(16(26)27)11(12)8-24(17)9-22-15-13(25)6-7-14(23-15)18(19,20)21/h3-7,9,25H,8H2,1-2H3,(H,26,27). The van der Waals surface area contributed by atoms with E-state index in [0.29, 0.717) is 11.6 Å². The first-order valence-electron chi connectivity index (χ1n) is 7.95. The van der Waals surface area contributed by atoms with Crippen LogP contribution in [0.2, 0.25) is 0 Å². The molecule has 27 heavy (non-hydrogen) atoms. The van der Waals surface area contributed by atoms with Crippen LogP contribution in [-0.2, 0) is 18.3 Å². The molecule has 142 valence electrons. The molecule has 1 aromatic heterocycles. The van der Waals surface area contributed by atoms with E-state index in [9.17, 15) is 28.2 Å². The molecule has 2 heterocycles. The lowest BCUT2D eigenvalue weighted by atomic mass is 9.92. The Hall–Kier alpha value is -3.10. The number of aliphatic imine (C=N–C) groups is 1. The lowest BCUT2D eigenvalue weighted by Gasteiger charge is -2.30. The van der Waals surface area contributed by atoms with Crippen LogP contribution in [0.5, 0.6) is 5.75 Å². The van der Waals surface area contributed by atoms with Crippen molar-refractivity contribution in [1.29, 1.82) is 0 Å². The Labute approximate surface area is 152 Å². The van der Waals surface area contributed by atoms with Crippen LogP contribution in [0.3, 0.4) is 0 Å². The lowest BCUT2D eigenvalue weighted by molar-refractivity contribution is -0.141.